The predicted molar refractivity (Wildman–Crippen MR) is 115 cm³/mol. The van der Waals surface area contributed by atoms with E-state index < -0.39 is 0 Å². The molecule has 0 spiro atoms. The highest BCUT2D eigenvalue weighted by Crippen LogP contribution is 2.30. The maximum Gasteiger partial charge on any atom is 0.260 e. The van der Waals surface area contributed by atoms with Gasteiger partial charge in [0.25, 0.3) is 5.56 Å². The SMILES string of the molecule is Cc1sc2nc(SC/C(O)=C(\C#N)c3nc4ccccc4s3)[nH]c(=O)c2c1C. The summed E-state index contributed by atoms with van der Waals surface area (Å²) in [6, 6.07) is 9.61. The number of benzene rings is 1. The molecule has 3 heterocycles. The number of aromatic nitrogens is 3. The van der Waals surface area contributed by atoms with Crippen LogP contribution in [0.5, 0.6) is 0 Å². The van der Waals surface area contributed by atoms with Crippen molar-refractivity contribution in [3.8, 4) is 6.07 Å². The average Bonchev–Trinajstić information content (AvgIpc) is 3.21. The second kappa shape index (κ2) is 7.39. The van der Waals surface area contributed by atoms with Crippen LogP contribution in [0, 0.1) is 25.2 Å². The van der Waals surface area contributed by atoms with Crippen molar-refractivity contribution < 1.29 is 5.11 Å². The van der Waals surface area contributed by atoms with Gasteiger partial charge in [0.2, 0.25) is 0 Å². The van der Waals surface area contributed by atoms with E-state index in [4.69, 9.17) is 0 Å². The molecule has 0 saturated carbocycles. The number of aliphatic hydroxyl groups is 1. The highest BCUT2D eigenvalue weighted by molar-refractivity contribution is 7.99. The Kier molecular flexibility index (Phi) is 4.93. The Morgan fingerprint density at radius 2 is 2.07 bits per heavy atom. The molecule has 6 nitrogen and oxygen atoms in total. The lowest BCUT2D eigenvalue weighted by atomic mass is 10.2. The minimum absolute atomic E-state index is 0.0900. The largest absolute Gasteiger partial charge is 0.510 e. The van der Waals surface area contributed by atoms with Crippen LogP contribution in [-0.2, 0) is 0 Å². The van der Waals surface area contributed by atoms with Crippen LogP contribution in [-0.4, -0.2) is 25.8 Å². The maximum absolute atomic E-state index is 12.4. The van der Waals surface area contributed by atoms with Crippen molar-refractivity contribution in [3.05, 3.63) is 55.8 Å². The van der Waals surface area contributed by atoms with Crippen LogP contribution < -0.4 is 5.56 Å². The molecule has 0 bridgehead atoms. The Morgan fingerprint density at radius 3 is 2.82 bits per heavy atom. The van der Waals surface area contributed by atoms with Crippen LogP contribution in [0.25, 0.3) is 26.0 Å². The summed E-state index contributed by atoms with van der Waals surface area (Å²) < 4.78 is 0.950. The number of para-hydroxylation sites is 1. The third-order valence-corrected chi connectivity index (χ3v) is 7.31. The molecule has 0 aliphatic carbocycles. The van der Waals surface area contributed by atoms with Crippen molar-refractivity contribution in [3.63, 3.8) is 0 Å². The molecule has 0 amide bonds. The van der Waals surface area contributed by atoms with Gasteiger partial charge in [0, 0.05) is 4.88 Å². The van der Waals surface area contributed by atoms with Crippen LogP contribution in [0.1, 0.15) is 15.4 Å². The van der Waals surface area contributed by atoms with Crippen LogP contribution in [0.2, 0.25) is 0 Å². The average molecular weight is 427 g/mol. The second-order valence-corrected chi connectivity index (χ2v) is 9.24. The first-order chi connectivity index (χ1) is 13.5. The molecule has 2 N–H and O–H groups in total. The second-order valence-electron chi connectivity index (χ2n) is 6.04. The summed E-state index contributed by atoms with van der Waals surface area (Å²) in [5, 5.41) is 21.5. The van der Waals surface area contributed by atoms with Crippen molar-refractivity contribution in [2.24, 2.45) is 0 Å². The van der Waals surface area contributed by atoms with Gasteiger partial charge in [0.1, 0.15) is 27.2 Å². The van der Waals surface area contributed by atoms with E-state index in [-0.39, 0.29) is 22.6 Å². The molecule has 0 radical (unpaired) electrons. The quantitative estimate of drug-likeness (QED) is 0.210. The Morgan fingerprint density at radius 1 is 1.29 bits per heavy atom. The molecular formula is C19H14N4O2S3. The minimum Gasteiger partial charge on any atom is -0.510 e. The molecule has 4 aromatic rings. The third kappa shape index (κ3) is 3.30. The summed E-state index contributed by atoms with van der Waals surface area (Å²) in [6.45, 7) is 3.86. The van der Waals surface area contributed by atoms with Crippen LogP contribution >= 0.6 is 34.4 Å². The monoisotopic (exact) mass is 426 g/mol. The number of allylic oxidation sites excluding steroid dienone is 1. The highest BCUT2D eigenvalue weighted by Gasteiger charge is 2.16. The molecular weight excluding hydrogens is 412 g/mol. The summed E-state index contributed by atoms with van der Waals surface area (Å²) >= 11 is 4.00. The van der Waals surface area contributed by atoms with E-state index in [2.05, 4.69) is 15.0 Å². The number of H-pyrrole nitrogens is 1. The van der Waals surface area contributed by atoms with E-state index in [0.717, 1.165) is 20.7 Å². The molecule has 0 fully saturated rings. The van der Waals surface area contributed by atoms with Gasteiger partial charge in [-0.2, -0.15) is 5.26 Å². The lowest BCUT2D eigenvalue weighted by molar-refractivity contribution is 0.420. The number of aromatic amines is 1. The van der Waals surface area contributed by atoms with Crippen LogP contribution in [0.3, 0.4) is 0 Å². The molecule has 1 aromatic carbocycles. The van der Waals surface area contributed by atoms with Crippen molar-refractivity contribution in [1.29, 1.82) is 5.26 Å². The predicted octanol–water partition coefficient (Wildman–Crippen LogP) is 4.80. The number of aliphatic hydroxyl groups excluding tert-OH is 1. The molecule has 0 aliphatic rings. The van der Waals surface area contributed by atoms with E-state index in [1.807, 2.05) is 44.2 Å². The van der Waals surface area contributed by atoms with E-state index in [1.54, 1.807) is 0 Å². The summed E-state index contributed by atoms with van der Waals surface area (Å²) in [5.41, 5.74) is 1.68. The van der Waals surface area contributed by atoms with Crippen molar-refractivity contribution in [2.45, 2.75) is 19.0 Å². The fraction of sp³-hybridized carbons (Fsp3) is 0.158. The van der Waals surface area contributed by atoms with Gasteiger partial charge in [-0.25, -0.2) is 9.97 Å². The lowest BCUT2D eigenvalue weighted by Crippen LogP contribution is -2.09. The van der Waals surface area contributed by atoms with Gasteiger partial charge in [-0.3, -0.25) is 4.79 Å². The molecule has 0 aliphatic heterocycles. The Hall–Kier alpha value is -2.67. The van der Waals surface area contributed by atoms with E-state index >= 15 is 0 Å². The Bertz CT molecular complexity index is 1310. The molecule has 3 aromatic heterocycles. The number of nitrogens with zero attached hydrogens (tertiary/aromatic N) is 3. The summed E-state index contributed by atoms with van der Waals surface area (Å²) in [7, 11) is 0. The van der Waals surface area contributed by atoms with Crippen molar-refractivity contribution >= 4 is 60.4 Å². The number of nitrogens with one attached hydrogen (secondary N) is 1. The zero-order valence-corrected chi connectivity index (χ0v) is 17.4. The van der Waals surface area contributed by atoms with Crippen molar-refractivity contribution in [2.75, 3.05) is 5.75 Å². The van der Waals surface area contributed by atoms with Gasteiger partial charge in [-0.1, -0.05) is 23.9 Å². The van der Waals surface area contributed by atoms with Crippen molar-refractivity contribution in [1.82, 2.24) is 15.0 Å². The molecule has 4 rings (SSSR count). The Labute approximate surface area is 172 Å². The number of aryl methyl sites for hydroxylation is 2. The fourth-order valence-corrected chi connectivity index (χ4v) is 5.54. The van der Waals surface area contributed by atoms with Gasteiger partial charge < -0.3 is 10.1 Å². The van der Waals surface area contributed by atoms with Gasteiger partial charge in [-0.15, -0.1) is 22.7 Å². The number of hydrogen-bond acceptors (Lipinski definition) is 8. The normalized spacial score (nSPS) is 12.3. The number of hydrogen-bond donors (Lipinski definition) is 2. The van der Waals surface area contributed by atoms with Gasteiger partial charge in [-0.05, 0) is 31.5 Å². The number of fused-ring (bicyclic) bond motifs is 2. The minimum atomic E-state index is -0.190. The summed E-state index contributed by atoms with van der Waals surface area (Å²) in [4.78, 5) is 25.7. The molecule has 9 heteroatoms. The lowest BCUT2D eigenvalue weighted by Gasteiger charge is -2.03. The van der Waals surface area contributed by atoms with E-state index in [9.17, 15) is 15.2 Å². The van der Waals surface area contributed by atoms with Gasteiger partial charge in [0.05, 0.1) is 21.4 Å². The summed E-state index contributed by atoms with van der Waals surface area (Å²) in [6.07, 6.45) is 0. The van der Waals surface area contributed by atoms with Crippen LogP contribution in [0.15, 0.2) is 40.0 Å². The zero-order chi connectivity index (χ0) is 19.8. The number of thiazole rings is 1. The first-order valence-electron chi connectivity index (χ1n) is 8.29. The Balaban J connectivity index is 1.63. The fourth-order valence-electron chi connectivity index (χ4n) is 2.73. The maximum atomic E-state index is 12.4. The van der Waals surface area contributed by atoms with E-state index in [1.165, 1.54) is 34.4 Å². The smallest absolute Gasteiger partial charge is 0.260 e. The number of thiophene rings is 1. The van der Waals surface area contributed by atoms with Gasteiger partial charge in [0.15, 0.2) is 5.16 Å². The summed E-state index contributed by atoms with van der Waals surface area (Å²) in [5.74, 6) is 0.0178. The molecule has 28 heavy (non-hydrogen) atoms. The van der Waals surface area contributed by atoms with Crippen LogP contribution in [0.4, 0.5) is 0 Å². The topological polar surface area (TPSA) is 103 Å². The first kappa shape index (κ1) is 18.7. The first-order valence-corrected chi connectivity index (χ1v) is 10.9. The number of thioether (sulfide) groups is 1. The number of nitriles is 1. The molecule has 0 atom stereocenters. The molecule has 140 valence electrons. The zero-order valence-electron chi connectivity index (χ0n) is 14.9. The standard InChI is InChI=1S/C19H14N4O2S3/c1-9-10(2)27-18-15(9)16(25)22-19(23-18)26-8-13(24)11(7-20)17-21-12-5-3-4-6-14(12)28-17/h3-6,24H,8H2,1-2H3,(H,22,23,25)/b13-11-. The molecule has 0 unspecified atom stereocenters. The molecule has 0 saturated heterocycles. The van der Waals surface area contributed by atoms with E-state index in [0.29, 0.717) is 20.4 Å². The highest BCUT2D eigenvalue weighted by atomic mass is 32.2. The number of rotatable bonds is 4. The third-order valence-electron chi connectivity index (χ3n) is 4.27. The van der Waals surface area contributed by atoms with Gasteiger partial charge >= 0.3 is 0 Å².